The molecule has 0 fully saturated rings. The van der Waals surface area contributed by atoms with Crippen molar-refractivity contribution in [3.8, 4) is 11.8 Å². The molecule has 0 aromatic heterocycles. The predicted molar refractivity (Wildman–Crippen MR) is 80.8 cm³/mol. The number of methoxy groups -OCH3 is 1. The molecule has 0 N–H and O–H groups in total. The fourth-order valence-electron chi connectivity index (χ4n) is 1.84. The molecule has 0 heterocycles. The van der Waals surface area contributed by atoms with Crippen LogP contribution in [-0.4, -0.2) is 47.6 Å². The Labute approximate surface area is 131 Å². The molecule has 7 nitrogen and oxygen atoms in total. The first-order chi connectivity index (χ1) is 10.2. The van der Waals surface area contributed by atoms with Crippen LogP contribution in [0.3, 0.4) is 0 Å². The van der Waals surface area contributed by atoms with Gasteiger partial charge in [-0.2, -0.15) is 9.57 Å². The van der Waals surface area contributed by atoms with Crippen LogP contribution >= 0.6 is 0 Å². The number of nitrogens with zero attached hydrogens (tertiary/aromatic N) is 2. The van der Waals surface area contributed by atoms with Gasteiger partial charge in [-0.3, -0.25) is 0 Å². The number of rotatable bonds is 7. The maximum atomic E-state index is 12.7. The van der Waals surface area contributed by atoms with Crippen LogP contribution in [0.4, 0.5) is 0 Å². The Bertz CT molecular complexity index is 779. The highest BCUT2D eigenvalue weighted by Crippen LogP contribution is 2.29. The van der Waals surface area contributed by atoms with Crippen molar-refractivity contribution in [2.24, 2.45) is 0 Å². The molecule has 0 bridgehead atoms. The van der Waals surface area contributed by atoms with Crippen molar-refractivity contribution in [1.82, 2.24) is 4.31 Å². The van der Waals surface area contributed by atoms with Gasteiger partial charge in [0, 0.05) is 12.8 Å². The Morgan fingerprint density at radius 2 is 1.91 bits per heavy atom. The summed E-state index contributed by atoms with van der Waals surface area (Å²) in [4.78, 5) is -0.387. The molecule has 0 atom stereocenters. The zero-order chi connectivity index (χ0) is 17.0. The van der Waals surface area contributed by atoms with Gasteiger partial charge in [0.1, 0.15) is 17.2 Å². The van der Waals surface area contributed by atoms with E-state index in [1.165, 1.54) is 19.2 Å². The van der Waals surface area contributed by atoms with Crippen molar-refractivity contribution in [1.29, 1.82) is 5.26 Å². The largest absolute Gasteiger partial charge is 0.495 e. The fourth-order valence-corrected chi connectivity index (χ4v) is 4.17. The summed E-state index contributed by atoms with van der Waals surface area (Å²) in [5.74, 6) is 0.0337. The zero-order valence-corrected chi connectivity index (χ0v) is 14.2. The maximum absolute atomic E-state index is 12.7. The van der Waals surface area contributed by atoms with Crippen molar-refractivity contribution in [2.45, 2.75) is 23.1 Å². The van der Waals surface area contributed by atoms with Gasteiger partial charge in [0.05, 0.1) is 18.1 Å². The van der Waals surface area contributed by atoms with Crippen LogP contribution in [0.2, 0.25) is 0 Å². The van der Waals surface area contributed by atoms with Gasteiger partial charge in [-0.25, -0.2) is 16.8 Å². The summed E-state index contributed by atoms with van der Waals surface area (Å²) in [6.07, 6.45) is 1.51. The highest BCUT2D eigenvalue weighted by atomic mass is 32.2. The Hall–Kier alpha value is -1.63. The summed E-state index contributed by atoms with van der Waals surface area (Å²) < 4.78 is 54.6. The van der Waals surface area contributed by atoms with E-state index in [0.717, 1.165) is 16.6 Å². The third-order valence-electron chi connectivity index (χ3n) is 2.90. The van der Waals surface area contributed by atoms with E-state index in [0.29, 0.717) is 6.42 Å². The highest BCUT2D eigenvalue weighted by Gasteiger charge is 2.28. The van der Waals surface area contributed by atoms with Crippen molar-refractivity contribution >= 4 is 19.9 Å². The smallest absolute Gasteiger partial charge is 0.247 e. The second-order valence-corrected chi connectivity index (χ2v) is 8.50. The number of ether oxygens (including phenoxy) is 1. The number of nitriles is 1. The average molecular weight is 346 g/mol. The SMILES string of the molecule is CCCN(CC#N)S(=O)(=O)c1cc(S(C)(=O)=O)ccc1OC. The standard InChI is InChI=1S/C13H18N2O5S2/c1-4-8-15(9-7-14)22(18,19)13-10-11(21(3,16)17)5-6-12(13)20-2/h5-6,10H,4,8-9H2,1-3H3. The Kier molecular flexibility index (Phi) is 5.93. The molecule has 0 aliphatic heterocycles. The molecule has 1 rings (SSSR count). The van der Waals surface area contributed by atoms with Crippen molar-refractivity contribution in [3.05, 3.63) is 18.2 Å². The molecule has 1 aromatic carbocycles. The second kappa shape index (κ2) is 7.09. The monoisotopic (exact) mass is 346 g/mol. The third kappa shape index (κ3) is 3.97. The summed E-state index contributed by atoms with van der Waals surface area (Å²) in [6, 6.07) is 5.43. The molecule has 0 aliphatic rings. The number of hydrogen-bond acceptors (Lipinski definition) is 6. The summed E-state index contributed by atoms with van der Waals surface area (Å²) in [6.45, 7) is 1.62. The predicted octanol–water partition coefficient (Wildman–Crippen LogP) is 1.02. The molecule has 0 saturated heterocycles. The van der Waals surface area contributed by atoms with Crippen molar-refractivity contribution < 1.29 is 21.6 Å². The van der Waals surface area contributed by atoms with Crippen LogP contribution in [0, 0.1) is 11.3 Å². The lowest BCUT2D eigenvalue weighted by Gasteiger charge is -2.20. The summed E-state index contributed by atoms with van der Waals surface area (Å²) >= 11 is 0. The maximum Gasteiger partial charge on any atom is 0.247 e. The summed E-state index contributed by atoms with van der Waals surface area (Å²) in [5, 5.41) is 8.80. The van der Waals surface area contributed by atoms with E-state index in [4.69, 9.17) is 10.00 Å². The van der Waals surface area contributed by atoms with Gasteiger partial charge in [-0.05, 0) is 24.6 Å². The molecule has 0 radical (unpaired) electrons. The lowest BCUT2D eigenvalue weighted by atomic mass is 10.3. The van der Waals surface area contributed by atoms with E-state index >= 15 is 0 Å². The number of hydrogen-bond donors (Lipinski definition) is 0. The van der Waals surface area contributed by atoms with E-state index in [9.17, 15) is 16.8 Å². The molecular formula is C13H18N2O5S2. The Morgan fingerprint density at radius 1 is 1.27 bits per heavy atom. The van der Waals surface area contributed by atoms with E-state index in [2.05, 4.69) is 0 Å². The quantitative estimate of drug-likeness (QED) is 0.683. The first-order valence-corrected chi connectivity index (χ1v) is 9.76. The van der Waals surface area contributed by atoms with Crippen LogP contribution in [-0.2, 0) is 19.9 Å². The third-order valence-corrected chi connectivity index (χ3v) is 5.88. The molecule has 0 amide bonds. The first kappa shape index (κ1) is 18.4. The van der Waals surface area contributed by atoms with E-state index in [-0.39, 0.29) is 28.6 Å². The van der Waals surface area contributed by atoms with Gasteiger partial charge < -0.3 is 4.74 Å². The van der Waals surface area contributed by atoms with Crippen LogP contribution in [0.1, 0.15) is 13.3 Å². The lowest BCUT2D eigenvalue weighted by Crippen LogP contribution is -2.32. The second-order valence-electron chi connectivity index (χ2n) is 4.58. The van der Waals surface area contributed by atoms with E-state index < -0.39 is 19.9 Å². The average Bonchev–Trinajstić information content (AvgIpc) is 2.45. The molecule has 22 heavy (non-hydrogen) atoms. The van der Waals surface area contributed by atoms with Gasteiger partial charge in [0.2, 0.25) is 10.0 Å². The minimum Gasteiger partial charge on any atom is -0.495 e. The Morgan fingerprint density at radius 3 is 2.36 bits per heavy atom. The van der Waals surface area contributed by atoms with Crippen LogP contribution in [0.15, 0.2) is 28.0 Å². The van der Waals surface area contributed by atoms with Gasteiger partial charge in [0.15, 0.2) is 9.84 Å². The van der Waals surface area contributed by atoms with Crippen molar-refractivity contribution in [3.63, 3.8) is 0 Å². The minimum absolute atomic E-state index is 0.0337. The molecular weight excluding hydrogens is 328 g/mol. The number of benzene rings is 1. The molecule has 0 spiro atoms. The lowest BCUT2D eigenvalue weighted by molar-refractivity contribution is 0.395. The van der Waals surface area contributed by atoms with Gasteiger partial charge >= 0.3 is 0 Å². The molecule has 1 aromatic rings. The molecule has 0 unspecified atom stereocenters. The number of sulfonamides is 1. The van der Waals surface area contributed by atoms with Gasteiger partial charge in [-0.1, -0.05) is 6.92 Å². The first-order valence-electron chi connectivity index (χ1n) is 6.43. The van der Waals surface area contributed by atoms with Crippen LogP contribution in [0.5, 0.6) is 5.75 Å². The van der Waals surface area contributed by atoms with Crippen molar-refractivity contribution in [2.75, 3.05) is 26.5 Å². The molecule has 122 valence electrons. The zero-order valence-electron chi connectivity index (χ0n) is 12.6. The normalized spacial score (nSPS) is 12.1. The van der Waals surface area contributed by atoms with Gasteiger partial charge in [0.25, 0.3) is 0 Å². The minimum atomic E-state index is -4.03. The summed E-state index contributed by atoms with van der Waals surface area (Å²) in [7, 11) is -6.30. The fraction of sp³-hybridized carbons (Fsp3) is 0.462. The summed E-state index contributed by atoms with van der Waals surface area (Å²) in [5.41, 5.74) is 0. The van der Waals surface area contributed by atoms with Gasteiger partial charge in [-0.15, -0.1) is 0 Å². The van der Waals surface area contributed by atoms with E-state index in [1.807, 2.05) is 0 Å². The highest BCUT2D eigenvalue weighted by molar-refractivity contribution is 7.91. The number of sulfone groups is 1. The molecule has 9 heteroatoms. The van der Waals surface area contributed by atoms with Crippen LogP contribution < -0.4 is 4.74 Å². The van der Waals surface area contributed by atoms with Crippen LogP contribution in [0.25, 0.3) is 0 Å². The molecule has 0 saturated carbocycles. The molecule has 0 aliphatic carbocycles. The topological polar surface area (TPSA) is 105 Å². The van der Waals surface area contributed by atoms with E-state index in [1.54, 1.807) is 13.0 Å². The Balaban J connectivity index is 3.54.